The zero-order valence-electron chi connectivity index (χ0n) is 16.9. The van der Waals surface area contributed by atoms with Crippen LogP contribution in [0, 0.1) is 0 Å². The van der Waals surface area contributed by atoms with Crippen LogP contribution in [0.25, 0.3) is 0 Å². The van der Waals surface area contributed by atoms with Crippen molar-refractivity contribution in [1.29, 1.82) is 0 Å². The van der Waals surface area contributed by atoms with Crippen LogP contribution in [0.2, 0.25) is 0 Å². The molecule has 1 N–H and O–H groups in total. The van der Waals surface area contributed by atoms with Crippen molar-refractivity contribution in [2.45, 2.75) is 19.5 Å². The number of para-hydroxylation sites is 1. The van der Waals surface area contributed by atoms with Gasteiger partial charge in [-0.2, -0.15) is 0 Å². The molecule has 4 aromatic rings. The smallest absolute Gasteiger partial charge is 0.256 e. The van der Waals surface area contributed by atoms with Gasteiger partial charge in [-0.1, -0.05) is 48.5 Å². The Morgan fingerprint density at radius 2 is 1.68 bits per heavy atom. The molecule has 0 bridgehead atoms. The molecular weight excluding hydrogens is 408 g/mol. The van der Waals surface area contributed by atoms with Gasteiger partial charge in [0.2, 0.25) is 5.91 Å². The van der Waals surface area contributed by atoms with Crippen LogP contribution in [0.3, 0.4) is 0 Å². The van der Waals surface area contributed by atoms with Crippen LogP contribution in [0.5, 0.6) is 0 Å². The summed E-state index contributed by atoms with van der Waals surface area (Å²) in [6.07, 6.45) is 1.84. The molecule has 31 heavy (non-hydrogen) atoms. The van der Waals surface area contributed by atoms with Gasteiger partial charge in [0.05, 0.1) is 37.0 Å². The van der Waals surface area contributed by atoms with Crippen LogP contribution < -0.4 is 5.32 Å². The molecule has 0 saturated heterocycles. The molecule has 0 aliphatic rings. The first-order valence-corrected chi connectivity index (χ1v) is 10.8. The normalized spacial score (nSPS) is 10.6. The number of nitrogens with one attached hydrogen (secondary N) is 1. The number of benzene rings is 2. The van der Waals surface area contributed by atoms with E-state index in [9.17, 15) is 9.59 Å². The molecule has 0 unspecified atom stereocenters. The second kappa shape index (κ2) is 9.91. The fourth-order valence-corrected chi connectivity index (χ4v) is 4.02. The van der Waals surface area contributed by atoms with Crippen molar-refractivity contribution in [3.8, 4) is 0 Å². The van der Waals surface area contributed by atoms with Crippen molar-refractivity contribution in [3.63, 3.8) is 0 Å². The summed E-state index contributed by atoms with van der Waals surface area (Å²) in [4.78, 5) is 28.9. The van der Waals surface area contributed by atoms with E-state index in [2.05, 4.69) is 5.32 Å². The van der Waals surface area contributed by atoms with Gasteiger partial charge in [-0.15, -0.1) is 11.3 Å². The topological polar surface area (TPSA) is 62.6 Å². The summed E-state index contributed by atoms with van der Waals surface area (Å²) < 4.78 is 5.47. The largest absolute Gasteiger partial charge is 0.467 e. The lowest BCUT2D eigenvalue weighted by molar-refractivity contribution is -0.115. The zero-order chi connectivity index (χ0) is 21.5. The number of amides is 2. The number of hydrogen-bond donors (Lipinski definition) is 1. The predicted octanol–water partition coefficient (Wildman–Crippen LogP) is 5.36. The van der Waals surface area contributed by atoms with Gasteiger partial charge in [0.1, 0.15) is 5.76 Å². The Labute approximate surface area is 184 Å². The molecule has 0 atom stereocenters. The van der Waals surface area contributed by atoms with Gasteiger partial charge in [0.25, 0.3) is 5.91 Å². The van der Waals surface area contributed by atoms with Gasteiger partial charge in [-0.3, -0.25) is 9.59 Å². The Balaban J connectivity index is 1.54. The molecule has 2 amide bonds. The lowest BCUT2D eigenvalue weighted by Crippen LogP contribution is -2.30. The third kappa shape index (κ3) is 5.49. The maximum atomic E-state index is 13.5. The molecule has 5 nitrogen and oxygen atoms in total. The summed E-state index contributed by atoms with van der Waals surface area (Å²) in [7, 11) is 0. The molecule has 0 spiro atoms. The molecule has 2 heterocycles. The summed E-state index contributed by atoms with van der Waals surface area (Å²) in [5, 5.41) is 4.89. The van der Waals surface area contributed by atoms with E-state index >= 15 is 0 Å². The fourth-order valence-electron chi connectivity index (χ4n) is 3.31. The number of anilines is 1. The monoisotopic (exact) mass is 430 g/mol. The number of carbonyl (C=O) groups is 2. The maximum Gasteiger partial charge on any atom is 0.256 e. The Bertz CT molecular complexity index is 1090. The van der Waals surface area contributed by atoms with E-state index in [1.165, 1.54) is 0 Å². The van der Waals surface area contributed by atoms with Gasteiger partial charge in [-0.05, 0) is 41.3 Å². The zero-order valence-corrected chi connectivity index (χ0v) is 17.7. The fraction of sp³-hybridized carbons (Fsp3) is 0.120. The van der Waals surface area contributed by atoms with Gasteiger partial charge in [0, 0.05) is 4.88 Å². The Morgan fingerprint density at radius 3 is 2.42 bits per heavy atom. The standard InChI is InChI=1S/C25H22N2O3S/c28-24(16-19-8-2-1-3-9-19)26-23-13-5-4-12-22(23)25(29)27(17-20-10-6-14-30-20)18-21-11-7-15-31-21/h1-15H,16-18H2,(H,26,28). The lowest BCUT2D eigenvalue weighted by Gasteiger charge is -2.22. The average Bonchev–Trinajstić information content (AvgIpc) is 3.48. The van der Waals surface area contributed by atoms with E-state index in [0.29, 0.717) is 30.1 Å². The number of hydrogen-bond acceptors (Lipinski definition) is 4. The van der Waals surface area contributed by atoms with Crippen molar-refractivity contribution in [2.24, 2.45) is 0 Å². The molecular formula is C25H22N2O3S. The third-order valence-corrected chi connectivity index (χ3v) is 5.64. The molecule has 2 aromatic carbocycles. The Hall–Kier alpha value is -3.64. The van der Waals surface area contributed by atoms with E-state index in [-0.39, 0.29) is 18.2 Å². The molecule has 2 aromatic heterocycles. The van der Waals surface area contributed by atoms with E-state index in [1.54, 1.807) is 46.8 Å². The summed E-state index contributed by atoms with van der Waals surface area (Å²) in [6.45, 7) is 0.805. The van der Waals surface area contributed by atoms with E-state index in [4.69, 9.17) is 4.42 Å². The van der Waals surface area contributed by atoms with Crippen LogP contribution in [-0.2, 0) is 24.3 Å². The first-order valence-electron chi connectivity index (χ1n) is 9.96. The second-order valence-corrected chi connectivity index (χ2v) is 8.11. The number of thiophene rings is 1. The average molecular weight is 431 g/mol. The number of furan rings is 1. The quantitative estimate of drug-likeness (QED) is 0.409. The summed E-state index contributed by atoms with van der Waals surface area (Å²) >= 11 is 1.60. The highest BCUT2D eigenvalue weighted by atomic mass is 32.1. The van der Waals surface area contributed by atoms with Crippen molar-refractivity contribution < 1.29 is 14.0 Å². The minimum Gasteiger partial charge on any atom is -0.467 e. The Morgan fingerprint density at radius 1 is 0.871 bits per heavy atom. The van der Waals surface area contributed by atoms with Crippen LogP contribution in [0.15, 0.2) is 94.9 Å². The first-order chi connectivity index (χ1) is 15.2. The number of carbonyl (C=O) groups excluding carboxylic acids is 2. The number of nitrogens with zero attached hydrogens (tertiary/aromatic N) is 1. The second-order valence-electron chi connectivity index (χ2n) is 7.08. The van der Waals surface area contributed by atoms with E-state index in [0.717, 1.165) is 10.4 Å². The highest BCUT2D eigenvalue weighted by Gasteiger charge is 2.21. The van der Waals surface area contributed by atoms with Crippen LogP contribution in [0.1, 0.15) is 26.6 Å². The van der Waals surface area contributed by atoms with E-state index in [1.807, 2.05) is 60.0 Å². The van der Waals surface area contributed by atoms with Crippen LogP contribution in [0.4, 0.5) is 5.69 Å². The molecule has 0 saturated carbocycles. The molecule has 0 aliphatic carbocycles. The van der Waals surface area contributed by atoms with Crippen LogP contribution >= 0.6 is 11.3 Å². The van der Waals surface area contributed by atoms with Gasteiger partial charge in [-0.25, -0.2) is 0 Å². The SMILES string of the molecule is O=C(Cc1ccccc1)Nc1ccccc1C(=O)N(Cc1ccco1)Cc1cccs1. The minimum absolute atomic E-state index is 0.165. The van der Waals surface area contributed by atoms with Gasteiger partial charge in [0.15, 0.2) is 0 Å². The number of rotatable bonds is 8. The minimum atomic E-state index is -0.166. The molecule has 6 heteroatoms. The predicted molar refractivity (Wildman–Crippen MR) is 122 cm³/mol. The lowest BCUT2D eigenvalue weighted by atomic mass is 10.1. The first kappa shape index (κ1) is 20.6. The maximum absolute atomic E-state index is 13.5. The van der Waals surface area contributed by atoms with Gasteiger partial charge < -0.3 is 14.6 Å². The van der Waals surface area contributed by atoms with Crippen molar-refractivity contribution in [3.05, 3.63) is 112 Å². The summed E-state index contributed by atoms with van der Waals surface area (Å²) in [5.41, 5.74) is 1.87. The van der Waals surface area contributed by atoms with Crippen molar-refractivity contribution >= 4 is 28.8 Å². The molecule has 0 aliphatic heterocycles. The molecule has 4 rings (SSSR count). The highest BCUT2D eigenvalue weighted by Crippen LogP contribution is 2.22. The molecule has 0 radical (unpaired) electrons. The highest BCUT2D eigenvalue weighted by molar-refractivity contribution is 7.09. The van der Waals surface area contributed by atoms with Gasteiger partial charge >= 0.3 is 0 Å². The van der Waals surface area contributed by atoms with Crippen LogP contribution in [-0.4, -0.2) is 16.7 Å². The third-order valence-electron chi connectivity index (χ3n) is 4.78. The Kier molecular flexibility index (Phi) is 6.59. The molecule has 156 valence electrons. The summed E-state index contributed by atoms with van der Waals surface area (Å²) in [6, 6.07) is 24.3. The van der Waals surface area contributed by atoms with Crippen molar-refractivity contribution in [1.82, 2.24) is 4.90 Å². The summed E-state index contributed by atoms with van der Waals surface area (Å²) in [5.74, 6) is 0.373. The molecule has 0 fully saturated rings. The van der Waals surface area contributed by atoms with Crippen molar-refractivity contribution in [2.75, 3.05) is 5.32 Å². The van der Waals surface area contributed by atoms with E-state index < -0.39 is 0 Å².